The number of benzene rings is 3. The number of fused-ring (bicyclic) bond motifs is 1. The number of halogens is 2. The van der Waals surface area contributed by atoms with E-state index in [4.69, 9.17) is 16.3 Å². The smallest absolute Gasteiger partial charge is 0.295 e. The van der Waals surface area contributed by atoms with E-state index >= 15 is 0 Å². The zero-order valence-corrected chi connectivity index (χ0v) is 20.1. The number of hydrogen-bond acceptors (Lipinski definition) is 4. The van der Waals surface area contributed by atoms with Crippen LogP contribution < -0.4 is 4.74 Å². The Morgan fingerprint density at radius 3 is 2.58 bits per heavy atom. The lowest BCUT2D eigenvalue weighted by Crippen LogP contribution is -2.32. The number of likely N-dealkylation sites (tertiary alicyclic amines) is 1. The summed E-state index contributed by atoms with van der Waals surface area (Å²) in [5.41, 5.74) is 2.10. The molecule has 0 bridgehead atoms. The predicted octanol–water partition coefficient (Wildman–Crippen LogP) is 5.63. The normalized spacial score (nSPS) is 17.2. The summed E-state index contributed by atoms with van der Waals surface area (Å²) in [5, 5.41) is 12.5. The van der Waals surface area contributed by atoms with Crippen LogP contribution in [0.4, 0.5) is 4.39 Å². The van der Waals surface area contributed by atoms with Gasteiger partial charge in [-0.2, -0.15) is 0 Å². The van der Waals surface area contributed by atoms with Gasteiger partial charge in [0.2, 0.25) is 0 Å². The zero-order chi connectivity index (χ0) is 25.4. The first-order valence-electron chi connectivity index (χ1n) is 11.3. The average molecular weight is 505 g/mol. The lowest BCUT2D eigenvalue weighted by molar-refractivity contribution is -0.139. The number of aliphatic hydroxyl groups is 1. The molecule has 3 aromatic carbocycles. The second-order valence-electron chi connectivity index (χ2n) is 8.50. The second kappa shape index (κ2) is 9.51. The van der Waals surface area contributed by atoms with E-state index in [9.17, 15) is 19.1 Å². The molecule has 6 nitrogen and oxygen atoms in total. The second-order valence-corrected chi connectivity index (χ2v) is 8.93. The molecule has 1 aromatic heterocycles. The minimum atomic E-state index is -1.08. The number of hydrogen-bond donors (Lipinski definition) is 2. The van der Waals surface area contributed by atoms with Crippen LogP contribution in [0.3, 0.4) is 0 Å². The van der Waals surface area contributed by atoms with Crippen LogP contribution in [0.25, 0.3) is 16.7 Å². The molecule has 1 aliphatic rings. The Morgan fingerprint density at radius 2 is 1.86 bits per heavy atom. The number of nitrogens with zero attached hydrogens (tertiary/aromatic N) is 1. The fourth-order valence-corrected chi connectivity index (χ4v) is 4.75. The zero-order valence-electron chi connectivity index (χ0n) is 19.3. The molecule has 0 unspecified atom stereocenters. The molecule has 5 rings (SSSR count). The lowest BCUT2D eigenvalue weighted by atomic mass is 9.95. The van der Waals surface area contributed by atoms with Gasteiger partial charge in [-0.3, -0.25) is 9.59 Å². The molecule has 4 aromatic rings. The molecular weight excluding hydrogens is 483 g/mol. The summed E-state index contributed by atoms with van der Waals surface area (Å²) < 4.78 is 20.3. The predicted molar refractivity (Wildman–Crippen MR) is 135 cm³/mol. The molecule has 36 heavy (non-hydrogen) atoms. The maximum absolute atomic E-state index is 15.0. The number of ketones is 1. The van der Waals surface area contributed by atoms with E-state index in [1.54, 1.807) is 37.4 Å². The SMILES string of the molecule is COc1ccc2[nH]cc(CCN3C(=O)C(=O)C(=C(O)c4ccc(Cl)cc4)[C@H]3c3ccccc3F)c2c1. The summed E-state index contributed by atoms with van der Waals surface area (Å²) in [6.45, 7) is 0.130. The summed E-state index contributed by atoms with van der Waals surface area (Å²) in [6.07, 6.45) is 2.23. The number of nitrogens with one attached hydrogen (secondary N) is 1. The lowest BCUT2D eigenvalue weighted by Gasteiger charge is -2.25. The van der Waals surface area contributed by atoms with Gasteiger partial charge in [0.25, 0.3) is 11.7 Å². The minimum Gasteiger partial charge on any atom is -0.507 e. The third-order valence-electron chi connectivity index (χ3n) is 6.45. The highest BCUT2D eigenvalue weighted by Gasteiger charge is 2.46. The van der Waals surface area contributed by atoms with Crippen LogP contribution in [0.1, 0.15) is 22.7 Å². The monoisotopic (exact) mass is 504 g/mol. The number of aromatic amines is 1. The van der Waals surface area contributed by atoms with Gasteiger partial charge >= 0.3 is 0 Å². The van der Waals surface area contributed by atoms with Crippen molar-refractivity contribution in [1.29, 1.82) is 0 Å². The van der Waals surface area contributed by atoms with Crippen molar-refractivity contribution in [2.75, 3.05) is 13.7 Å². The van der Waals surface area contributed by atoms with Crippen LogP contribution >= 0.6 is 11.6 Å². The summed E-state index contributed by atoms with van der Waals surface area (Å²) in [7, 11) is 1.59. The van der Waals surface area contributed by atoms with Crippen LogP contribution in [0.2, 0.25) is 5.02 Å². The summed E-state index contributed by atoms with van der Waals surface area (Å²) in [4.78, 5) is 30.9. The standard InChI is InChI=1S/C28H22ClFN2O4/c1-36-19-10-11-23-21(14-19)17(15-31-23)12-13-32-25(20-4-2-3-5-22(20)30)24(27(34)28(32)35)26(33)16-6-8-18(29)9-7-16/h2-11,14-15,25,31,33H,12-13H2,1H3/t25-/m1/s1. The third-order valence-corrected chi connectivity index (χ3v) is 6.71. The van der Waals surface area contributed by atoms with E-state index in [1.807, 2.05) is 24.4 Å². The Morgan fingerprint density at radius 1 is 1.11 bits per heavy atom. The molecule has 0 spiro atoms. The number of ether oxygens (including phenoxy) is 1. The van der Waals surface area contributed by atoms with Gasteiger partial charge < -0.3 is 19.7 Å². The number of H-pyrrole nitrogens is 1. The Kier molecular flexibility index (Phi) is 6.24. The summed E-state index contributed by atoms with van der Waals surface area (Å²) >= 11 is 5.96. The molecule has 1 amide bonds. The molecule has 1 atom stereocenters. The molecule has 0 saturated carbocycles. The Labute approximate surface area is 211 Å². The Balaban J connectivity index is 1.56. The summed E-state index contributed by atoms with van der Waals surface area (Å²) in [5.74, 6) is -1.92. The van der Waals surface area contributed by atoms with E-state index in [0.29, 0.717) is 22.8 Å². The van der Waals surface area contributed by atoms with Crippen molar-refractivity contribution in [2.45, 2.75) is 12.5 Å². The first-order valence-corrected chi connectivity index (χ1v) is 11.7. The van der Waals surface area contributed by atoms with E-state index in [2.05, 4.69) is 4.98 Å². The van der Waals surface area contributed by atoms with Gasteiger partial charge in [0.05, 0.1) is 18.7 Å². The number of carbonyl (C=O) groups excluding carboxylic acids is 2. The highest BCUT2D eigenvalue weighted by Crippen LogP contribution is 2.40. The van der Waals surface area contributed by atoms with E-state index in [-0.39, 0.29) is 23.4 Å². The molecule has 8 heteroatoms. The molecule has 2 heterocycles. The quantitative estimate of drug-likeness (QED) is 0.202. The number of amides is 1. The minimum absolute atomic E-state index is 0.130. The van der Waals surface area contributed by atoms with E-state index in [1.165, 1.54) is 23.1 Å². The number of aromatic nitrogens is 1. The van der Waals surface area contributed by atoms with Gasteiger partial charge in [-0.1, -0.05) is 29.8 Å². The van der Waals surface area contributed by atoms with Crippen molar-refractivity contribution in [3.05, 3.63) is 106 Å². The number of carbonyl (C=O) groups is 2. The van der Waals surface area contributed by atoms with Gasteiger partial charge in [0.1, 0.15) is 17.3 Å². The van der Waals surface area contributed by atoms with Crippen molar-refractivity contribution < 1.29 is 23.8 Å². The average Bonchev–Trinajstić information content (AvgIpc) is 3.40. The van der Waals surface area contributed by atoms with Crippen LogP contribution in [-0.4, -0.2) is 40.3 Å². The highest BCUT2D eigenvalue weighted by atomic mass is 35.5. The largest absolute Gasteiger partial charge is 0.507 e. The summed E-state index contributed by atoms with van der Waals surface area (Å²) in [6, 6.07) is 16.7. The molecule has 182 valence electrons. The van der Waals surface area contributed by atoms with Crippen LogP contribution in [0.15, 0.2) is 78.5 Å². The maximum Gasteiger partial charge on any atom is 0.295 e. The molecule has 0 radical (unpaired) electrons. The Hall–Kier alpha value is -4.10. The first-order chi connectivity index (χ1) is 17.4. The van der Waals surface area contributed by atoms with E-state index in [0.717, 1.165) is 16.5 Å². The molecule has 1 aliphatic heterocycles. The van der Waals surface area contributed by atoms with Crippen molar-refractivity contribution in [3.8, 4) is 5.75 Å². The van der Waals surface area contributed by atoms with Crippen molar-refractivity contribution in [1.82, 2.24) is 9.88 Å². The van der Waals surface area contributed by atoms with Crippen LogP contribution in [0, 0.1) is 5.82 Å². The Bertz CT molecular complexity index is 1510. The van der Waals surface area contributed by atoms with Crippen molar-refractivity contribution in [3.63, 3.8) is 0 Å². The number of rotatable bonds is 6. The first kappa shape index (κ1) is 23.6. The van der Waals surface area contributed by atoms with Gasteiger partial charge in [-0.05, 0) is 60.5 Å². The van der Waals surface area contributed by atoms with Gasteiger partial charge in [-0.25, -0.2) is 4.39 Å². The number of methoxy groups -OCH3 is 1. The third kappa shape index (κ3) is 4.12. The highest BCUT2D eigenvalue weighted by molar-refractivity contribution is 6.46. The number of Topliss-reactive ketones (excluding diaryl/α,β-unsaturated/α-hetero) is 1. The maximum atomic E-state index is 15.0. The fraction of sp³-hybridized carbons (Fsp3) is 0.143. The van der Waals surface area contributed by atoms with Crippen LogP contribution in [0.5, 0.6) is 5.75 Å². The molecular formula is C28H22ClFN2O4. The molecule has 0 aliphatic carbocycles. The van der Waals surface area contributed by atoms with Gasteiger partial charge in [0.15, 0.2) is 0 Å². The van der Waals surface area contributed by atoms with Crippen molar-refractivity contribution in [2.24, 2.45) is 0 Å². The fourth-order valence-electron chi connectivity index (χ4n) is 4.63. The number of aliphatic hydroxyl groups excluding tert-OH is 1. The van der Waals surface area contributed by atoms with Crippen molar-refractivity contribution >= 4 is 40.0 Å². The van der Waals surface area contributed by atoms with Gasteiger partial charge in [0, 0.05) is 39.8 Å². The molecule has 1 fully saturated rings. The topological polar surface area (TPSA) is 82.6 Å². The van der Waals surface area contributed by atoms with Crippen LogP contribution in [-0.2, 0) is 16.0 Å². The van der Waals surface area contributed by atoms with Gasteiger partial charge in [-0.15, -0.1) is 0 Å². The molecule has 2 N–H and O–H groups in total. The van der Waals surface area contributed by atoms with E-state index < -0.39 is 23.5 Å². The molecule has 1 saturated heterocycles.